The van der Waals surface area contributed by atoms with Crippen LogP contribution < -0.4 is 5.73 Å². The number of nitrogens with two attached hydrogens (primary N) is 1. The van der Waals surface area contributed by atoms with Crippen molar-refractivity contribution in [1.82, 2.24) is 0 Å². The van der Waals surface area contributed by atoms with Gasteiger partial charge in [-0.2, -0.15) is 0 Å². The molecule has 1 atom stereocenters. The van der Waals surface area contributed by atoms with Crippen molar-refractivity contribution in [1.29, 1.82) is 0 Å². The van der Waals surface area contributed by atoms with E-state index in [0.29, 0.717) is 0 Å². The summed E-state index contributed by atoms with van der Waals surface area (Å²) in [6.45, 7) is 1.94. The third-order valence-corrected chi connectivity index (χ3v) is 3.26. The lowest BCUT2D eigenvalue weighted by Crippen LogP contribution is -2.20. The summed E-state index contributed by atoms with van der Waals surface area (Å²) in [5.41, 5.74) is 7.06. The van der Waals surface area contributed by atoms with Gasteiger partial charge in [-0.05, 0) is 12.5 Å². The van der Waals surface area contributed by atoms with Crippen LogP contribution in [-0.4, -0.2) is 22.7 Å². The van der Waals surface area contributed by atoms with Crippen molar-refractivity contribution in [2.45, 2.75) is 12.2 Å². The third-order valence-electron chi connectivity index (χ3n) is 2.01. The average Bonchev–Trinajstić information content (AvgIpc) is 2.20. The molecule has 0 aliphatic rings. The molecule has 1 unspecified atom stereocenters. The van der Waals surface area contributed by atoms with Crippen LogP contribution in [0.1, 0.15) is 16.4 Å². The summed E-state index contributed by atoms with van der Waals surface area (Å²) < 4.78 is 0. The molecule has 1 aromatic carbocycles. The van der Waals surface area contributed by atoms with Crippen LogP contribution in [0.5, 0.6) is 0 Å². The van der Waals surface area contributed by atoms with E-state index in [1.54, 1.807) is 12.1 Å². The number of aryl methyl sites for hydroxylation is 1. The number of aliphatic carboxylic acids is 1. The Labute approximate surface area is 97.8 Å². The fourth-order valence-electron chi connectivity index (χ4n) is 1.24. The van der Waals surface area contributed by atoms with Crippen molar-refractivity contribution in [2.24, 2.45) is 5.73 Å². The molecule has 1 amide bonds. The quantitative estimate of drug-likeness (QED) is 0.812. The normalized spacial score (nSPS) is 12.1. The topological polar surface area (TPSA) is 80.4 Å². The Morgan fingerprint density at radius 2 is 1.94 bits per heavy atom. The molecule has 5 heteroatoms. The summed E-state index contributed by atoms with van der Waals surface area (Å²) in [5.74, 6) is -1.61. The molecule has 4 nitrogen and oxygen atoms in total. The number of amides is 1. The van der Waals surface area contributed by atoms with E-state index < -0.39 is 17.1 Å². The van der Waals surface area contributed by atoms with Crippen molar-refractivity contribution in [3.8, 4) is 0 Å². The fourth-order valence-corrected chi connectivity index (χ4v) is 2.06. The molecule has 86 valence electrons. The molecule has 16 heavy (non-hydrogen) atoms. The molecule has 0 aliphatic carbocycles. The second-order valence-corrected chi connectivity index (χ2v) is 4.49. The van der Waals surface area contributed by atoms with Gasteiger partial charge in [0.25, 0.3) is 0 Å². The molecule has 0 heterocycles. The van der Waals surface area contributed by atoms with Gasteiger partial charge in [-0.3, -0.25) is 9.59 Å². The van der Waals surface area contributed by atoms with Gasteiger partial charge in [0.15, 0.2) is 0 Å². The van der Waals surface area contributed by atoms with Gasteiger partial charge in [-0.25, -0.2) is 0 Å². The second-order valence-electron chi connectivity index (χ2n) is 3.40. The maximum absolute atomic E-state index is 11.2. The van der Waals surface area contributed by atoms with Crippen LogP contribution in [0.25, 0.3) is 0 Å². The number of hydrogen-bond acceptors (Lipinski definition) is 3. The minimum atomic E-state index is -0.955. The standard InChI is InChI=1S/C11H13NO3S/c1-7-2-4-8(5-3-7)10(11(12)15)16-6-9(13)14/h2-5,10H,6H2,1H3,(H2,12,15)(H,13,14). The highest BCUT2D eigenvalue weighted by atomic mass is 32.2. The fraction of sp³-hybridized carbons (Fsp3) is 0.273. The summed E-state index contributed by atoms with van der Waals surface area (Å²) >= 11 is 1.02. The zero-order chi connectivity index (χ0) is 12.1. The molecule has 1 aromatic rings. The Bertz CT molecular complexity index is 389. The first-order valence-corrected chi connectivity index (χ1v) is 5.75. The van der Waals surface area contributed by atoms with Gasteiger partial charge in [0.1, 0.15) is 5.25 Å². The van der Waals surface area contributed by atoms with Crippen LogP contribution in [0.15, 0.2) is 24.3 Å². The largest absolute Gasteiger partial charge is 0.481 e. The number of benzene rings is 1. The zero-order valence-electron chi connectivity index (χ0n) is 8.84. The Balaban J connectivity index is 2.81. The Hall–Kier alpha value is -1.49. The van der Waals surface area contributed by atoms with Crippen LogP contribution in [-0.2, 0) is 9.59 Å². The predicted octanol–water partition coefficient (Wildman–Crippen LogP) is 1.34. The second kappa shape index (κ2) is 5.55. The molecule has 3 N–H and O–H groups in total. The van der Waals surface area contributed by atoms with E-state index in [4.69, 9.17) is 10.8 Å². The maximum atomic E-state index is 11.2. The van der Waals surface area contributed by atoms with E-state index >= 15 is 0 Å². The van der Waals surface area contributed by atoms with Crippen molar-refractivity contribution in [3.05, 3.63) is 35.4 Å². The number of rotatable bonds is 5. The van der Waals surface area contributed by atoms with Crippen LogP contribution in [0, 0.1) is 6.92 Å². The van der Waals surface area contributed by atoms with Crippen LogP contribution in [0.2, 0.25) is 0 Å². The highest BCUT2D eigenvalue weighted by Crippen LogP contribution is 2.28. The summed E-state index contributed by atoms with van der Waals surface area (Å²) in [5, 5.41) is 7.96. The van der Waals surface area contributed by atoms with Crippen molar-refractivity contribution >= 4 is 23.6 Å². The molecule has 0 fully saturated rings. The van der Waals surface area contributed by atoms with E-state index in [9.17, 15) is 9.59 Å². The molecular weight excluding hydrogens is 226 g/mol. The molecule has 0 saturated heterocycles. The van der Waals surface area contributed by atoms with E-state index in [2.05, 4.69) is 0 Å². The number of thioether (sulfide) groups is 1. The van der Waals surface area contributed by atoms with E-state index in [0.717, 1.165) is 22.9 Å². The Kier molecular flexibility index (Phi) is 4.37. The smallest absolute Gasteiger partial charge is 0.313 e. The first-order chi connectivity index (χ1) is 7.50. The van der Waals surface area contributed by atoms with Gasteiger partial charge in [-0.15, -0.1) is 11.8 Å². The van der Waals surface area contributed by atoms with E-state index in [-0.39, 0.29) is 5.75 Å². The van der Waals surface area contributed by atoms with Crippen LogP contribution in [0.4, 0.5) is 0 Å². The van der Waals surface area contributed by atoms with E-state index in [1.165, 1.54) is 0 Å². The minimum absolute atomic E-state index is 0.137. The van der Waals surface area contributed by atoms with E-state index in [1.807, 2.05) is 19.1 Å². The average molecular weight is 239 g/mol. The van der Waals surface area contributed by atoms with Crippen LogP contribution in [0.3, 0.4) is 0 Å². The molecule has 0 aliphatic heterocycles. The lowest BCUT2D eigenvalue weighted by Gasteiger charge is -2.12. The van der Waals surface area contributed by atoms with Crippen molar-refractivity contribution in [2.75, 3.05) is 5.75 Å². The highest BCUT2D eigenvalue weighted by molar-refractivity contribution is 8.00. The maximum Gasteiger partial charge on any atom is 0.313 e. The van der Waals surface area contributed by atoms with Crippen LogP contribution >= 0.6 is 11.8 Å². The number of carbonyl (C=O) groups excluding carboxylic acids is 1. The summed E-state index contributed by atoms with van der Waals surface area (Å²) in [4.78, 5) is 21.6. The first-order valence-electron chi connectivity index (χ1n) is 4.70. The molecular formula is C11H13NO3S. The molecule has 0 bridgehead atoms. The van der Waals surface area contributed by atoms with Gasteiger partial charge in [0, 0.05) is 0 Å². The zero-order valence-corrected chi connectivity index (χ0v) is 9.66. The van der Waals surface area contributed by atoms with Gasteiger partial charge < -0.3 is 10.8 Å². The SMILES string of the molecule is Cc1ccc(C(SCC(=O)O)C(N)=O)cc1. The summed E-state index contributed by atoms with van der Waals surface area (Å²) in [6.07, 6.45) is 0. The summed E-state index contributed by atoms with van der Waals surface area (Å²) in [6, 6.07) is 7.32. The van der Waals surface area contributed by atoms with Gasteiger partial charge in [0.2, 0.25) is 5.91 Å². The number of carboxylic acid groups (broad SMARTS) is 1. The highest BCUT2D eigenvalue weighted by Gasteiger charge is 2.19. The Morgan fingerprint density at radius 1 is 1.38 bits per heavy atom. The summed E-state index contributed by atoms with van der Waals surface area (Å²) in [7, 11) is 0. The van der Waals surface area contributed by atoms with Gasteiger partial charge in [-0.1, -0.05) is 29.8 Å². The molecule has 0 aromatic heterocycles. The number of hydrogen-bond donors (Lipinski definition) is 2. The Morgan fingerprint density at radius 3 is 2.38 bits per heavy atom. The first kappa shape index (κ1) is 12.6. The minimum Gasteiger partial charge on any atom is -0.481 e. The van der Waals surface area contributed by atoms with Crippen molar-refractivity contribution in [3.63, 3.8) is 0 Å². The molecule has 0 spiro atoms. The monoisotopic (exact) mass is 239 g/mol. The number of carboxylic acids is 1. The lowest BCUT2D eigenvalue weighted by atomic mass is 10.1. The molecule has 0 saturated carbocycles. The van der Waals surface area contributed by atoms with Gasteiger partial charge >= 0.3 is 5.97 Å². The molecule has 0 radical (unpaired) electrons. The molecule has 1 rings (SSSR count). The predicted molar refractivity (Wildman–Crippen MR) is 63.2 cm³/mol. The third kappa shape index (κ3) is 3.58. The number of primary amides is 1. The lowest BCUT2D eigenvalue weighted by molar-refractivity contribution is -0.133. The van der Waals surface area contributed by atoms with Gasteiger partial charge in [0.05, 0.1) is 5.75 Å². The van der Waals surface area contributed by atoms with Crippen molar-refractivity contribution < 1.29 is 14.7 Å². The number of carbonyl (C=O) groups is 2.